The number of aromatic nitrogens is 1. The van der Waals surface area contributed by atoms with Gasteiger partial charge in [0, 0.05) is 6.54 Å². The van der Waals surface area contributed by atoms with Gasteiger partial charge >= 0.3 is 0 Å². The molecule has 0 aromatic carbocycles. The smallest absolute Gasteiger partial charge is 0.131 e. The highest BCUT2D eigenvalue weighted by Crippen LogP contribution is 2.31. The van der Waals surface area contributed by atoms with Crippen LogP contribution >= 0.6 is 11.6 Å². The number of morpholine rings is 1. The van der Waals surface area contributed by atoms with E-state index >= 15 is 0 Å². The molecule has 92 valence electrons. The highest BCUT2D eigenvalue weighted by atomic mass is 35.5. The largest absolute Gasteiger partial charge is 0.374 e. The van der Waals surface area contributed by atoms with Crippen LogP contribution in [0.25, 0.3) is 0 Å². The summed E-state index contributed by atoms with van der Waals surface area (Å²) in [5.74, 6) is 0.998. The Morgan fingerprint density at radius 2 is 2.18 bits per heavy atom. The van der Waals surface area contributed by atoms with Gasteiger partial charge in [0.05, 0.1) is 18.8 Å². The third kappa shape index (κ3) is 2.26. The van der Waals surface area contributed by atoms with E-state index in [0.29, 0.717) is 17.3 Å². The molecule has 1 aliphatic heterocycles. The molecule has 1 saturated heterocycles. The maximum atomic E-state index is 5.97. The quantitative estimate of drug-likeness (QED) is 0.719. The van der Waals surface area contributed by atoms with E-state index in [2.05, 4.69) is 9.88 Å². The second-order valence-corrected chi connectivity index (χ2v) is 5.16. The van der Waals surface area contributed by atoms with Crippen LogP contribution in [0.2, 0.25) is 5.15 Å². The average Bonchev–Trinajstić information content (AvgIpc) is 2.38. The van der Waals surface area contributed by atoms with Gasteiger partial charge in [-0.15, -0.1) is 0 Å². The highest BCUT2D eigenvalue weighted by molar-refractivity contribution is 6.29. The third-order valence-corrected chi connectivity index (χ3v) is 3.94. The molecule has 3 nitrogen and oxygen atoms in total. The van der Waals surface area contributed by atoms with Crippen LogP contribution in [0.15, 0.2) is 18.2 Å². The highest BCUT2D eigenvalue weighted by Gasteiger charge is 2.34. The van der Waals surface area contributed by atoms with Crippen LogP contribution in [-0.2, 0) is 4.74 Å². The lowest BCUT2D eigenvalue weighted by atomic mass is 9.90. The minimum atomic E-state index is 0.387. The number of ether oxygens (including phenoxy) is 1. The fourth-order valence-electron chi connectivity index (χ4n) is 2.94. The van der Waals surface area contributed by atoms with Gasteiger partial charge in [-0.05, 0) is 25.0 Å². The molecular formula is C13H17ClN2O. The third-order valence-electron chi connectivity index (χ3n) is 3.73. The number of hydrogen-bond acceptors (Lipinski definition) is 3. The normalized spacial score (nSPS) is 28.9. The average molecular weight is 253 g/mol. The van der Waals surface area contributed by atoms with Crippen LogP contribution in [0.4, 0.5) is 5.82 Å². The Labute approximate surface area is 107 Å². The van der Waals surface area contributed by atoms with Crippen molar-refractivity contribution in [1.82, 2.24) is 4.98 Å². The molecule has 2 aliphatic rings. The number of anilines is 1. The predicted octanol–water partition coefficient (Wildman–Crippen LogP) is 2.88. The minimum Gasteiger partial charge on any atom is -0.374 e. The Balaban J connectivity index is 1.85. The number of rotatable bonds is 1. The summed E-state index contributed by atoms with van der Waals surface area (Å²) in [4.78, 5) is 6.80. The van der Waals surface area contributed by atoms with Crippen LogP contribution in [-0.4, -0.2) is 30.3 Å². The van der Waals surface area contributed by atoms with Crippen molar-refractivity contribution in [1.29, 1.82) is 0 Å². The summed E-state index contributed by atoms with van der Waals surface area (Å²) < 4.78 is 5.86. The van der Waals surface area contributed by atoms with Gasteiger partial charge in [0.1, 0.15) is 11.0 Å². The molecule has 1 aromatic rings. The molecule has 3 rings (SSSR count). The Morgan fingerprint density at radius 1 is 1.29 bits per heavy atom. The number of fused-ring (bicyclic) bond motifs is 1. The Hall–Kier alpha value is -0.800. The van der Waals surface area contributed by atoms with Crippen LogP contribution in [0.1, 0.15) is 25.7 Å². The van der Waals surface area contributed by atoms with Crippen molar-refractivity contribution in [2.45, 2.75) is 37.8 Å². The molecule has 0 radical (unpaired) electrons. The second-order valence-electron chi connectivity index (χ2n) is 4.77. The van der Waals surface area contributed by atoms with Crippen LogP contribution in [0.3, 0.4) is 0 Å². The lowest BCUT2D eigenvalue weighted by Crippen LogP contribution is -2.53. The molecular weight excluding hydrogens is 236 g/mol. The van der Waals surface area contributed by atoms with E-state index in [1.165, 1.54) is 25.7 Å². The van der Waals surface area contributed by atoms with E-state index in [4.69, 9.17) is 16.3 Å². The first-order chi connectivity index (χ1) is 8.34. The molecule has 2 atom stereocenters. The summed E-state index contributed by atoms with van der Waals surface area (Å²) in [7, 11) is 0. The standard InChI is InChI=1S/C13H17ClN2O/c14-12-6-3-7-13(15-12)16-8-9-17-11-5-2-1-4-10(11)16/h3,6-7,10-11H,1-2,4-5,8-9H2. The number of pyridine rings is 1. The predicted molar refractivity (Wildman–Crippen MR) is 68.6 cm³/mol. The Morgan fingerprint density at radius 3 is 3.06 bits per heavy atom. The fraction of sp³-hybridized carbons (Fsp3) is 0.615. The van der Waals surface area contributed by atoms with Gasteiger partial charge in [0.2, 0.25) is 0 Å². The van der Waals surface area contributed by atoms with E-state index < -0.39 is 0 Å². The second kappa shape index (κ2) is 4.83. The van der Waals surface area contributed by atoms with Gasteiger partial charge in [-0.1, -0.05) is 30.5 Å². The molecule has 17 heavy (non-hydrogen) atoms. The van der Waals surface area contributed by atoms with E-state index in [1.807, 2.05) is 18.2 Å². The molecule has 2 fully saturated rings. The van der Waals surface area contributed by atoms with Crippen molar-refractivity contribution in [3.05, 3.63) is 23.4 Å². The number of hydrogen-bond donors (Lipinski definition) is 0. The fourth-order valence-corrected chi connectivity index (χ4v) is 3.10. The molecule has 1 aromatic heterocycles. The monoisotopic (exact) mass is 252 g/mol. The Kier molecular flexibility index (Phi) is 3.21. The molecule has 1 saturated carbocycles. The number of nitrogens with zero attached hydrogens (tertiary/aromatic N) is 2. The van der Waals surface area contributed by atoms with Gasteiger partial charge in [-0.3, -0.25) is 0 Å². The van der Waals surface area contributed by atoms with Gasteiger partial charge in [0.25, 0.3) is 0 Å². The maximum absolute atomic E-state index is 5.97. The Bertz CT molecular complexity index is 397. The minimum absolute atomic E-state index is 0.387. The van der Waals surface area contributed by atoms with Crippen LogP contribution in [0.5, 0.6) is 0 Å². The topological polar surface area (TPSA) is 25.4 Å². The van der Waals surface area contributed by atoms with Crippen molar-refractivity contribution in [2.24, 2.45) is 0 Å². The summed E-state index contributed by atoms with van der Waals surface area (Å²) in [6.07, 6.45) is 5.36. The van der Waals surface area contributed by atoms with Crippen LogP contribution in [0, 0.1) is 0 Å². The van der Waals surface area contributed by atoms with Crippen molar-refractivity contribution in [2.75, 3.05) is 18.1 Å². The van der Waals surface area contributed by atoms with Crippen molar-refractivity contribution in [3.8, 4) is 0 Å². The zero-order valence-electron chi connectivity index (χ0n) is 9.81. The molecule has 2 heterocycles. The summed E-state index contributed by atoms with van der Waals surface area (Å²) in [6, 6.07) is 6.33. The van der Waals surface area contributed by atoms with Crippen LogP contribution < -0.4 is 4.90 Å². The molecule has 0 spiro atoms. The summed E-state index contributed by atoms with van der Waals surface area (Å²) in [6.45, 7) is 1.73. The van der Waals surface area contributed by atoms with E-state index in [-0.39, 0.29) is 0 Å². The molecule has 0 bridgehead atoms. The SMILES string of the molecule is Clc1cccc(N2CCOC3CCCCC32)n1. The maximum Gasteiger partial charge on any atom is 0.131 e. The summed E-state index contributed by atoms with van der Waals surface area (Å²) in [5.41, 5.74) is 0. The van der Waals surface area contributed by atoms with E-state index in [0.717, 1.165) is 19.0 Å². The molecule has 4 heteroatoms. The first-order valence-corrected chi connectivity index (χ1v) is 6.73. The molecule has 1 aliphatic carbocycles. The first-order valence-electron chi connectivity index (χ1n) is 6.35. The van der Waals surface area contributed by atoms with Crippen molar-refractivity contribution < 1.29 is 4.74 Å². The molecule has 0 N–H and O–H groups in total. The summed E-state index contributed by atoms with van der Waals surface area (Å²) >= 11 is 5.97. The summed E-state index contributed by atoms with van der Waals surface area (Å²) in [5, 5.41) is 0.571. The van der Waals surface area contributed by atoms with Crippen molar-refractivity contribution in [3.63, 3.8) is 0 Å². The van der Waals surface area contributed by atoms with Gasteiger partial charge in [-0.25, -0.2) is 4.98 Å². The number of halogens is 1. The molecule has 2 unspecified atom stereocenters. The zero-order chi connectivity index (χ0) is 11.7. The van der Waals surface area contributed by atoms with E-state index in [9.17, 15) is 0 Å². The van der Waals surface area contributed by atoms with Gasteiger partial charge < -0.3 is 9.64 Å². The van der Waals surface area contributed by atoms with E-state index in [1.54, 1.807) is 0 Å². The lowest BCUT2D eigenvalue weighted by molar-refractivity contribution is -0.00898. The zero-order valence-corrected chi connectivity index (χ0v) is 10.6. The van der Waals surface area contributed by atoms with Gasteiger partial charge in [-0.2, -0.15) is 0 Å². The molecule has 0 amide bonds. The van der Waals surface area contributed by atoms with Gasteiger partial charge in [0.15, 0.2) is 0 Å². The lowest BCUT2D eigenvalue weighted by Gasteiger charge is -2.44. The first kappa shape index (κ1) is 11.3. The van der Waals surface area contributed by atoms with Crippen molar-refractivity contribution >= 4 is 17.4 Å².